The van der Waals surface area contributed by atoms with Crippen LogP contribution in [-0.2, 0) is 11.2 Å². The van der Waals surface area contributed by atoms with E-state index in [1.807, 2.05) is 23.1 Å². The normalized spacial score (nSPS) is 16.3. The van der Waals surface area contributed by atoms with Gasteiger partial charge in [0.15, 0.2) is 0 Å². The van der Waals surface area contributed by atoms with E-state index in [1.165, 1.54) is 5.56 Å². The van der Waals surface area contributed by atoms with Crippen LogP contribution in [0.4, 0.5) is 11.4 Å². The molecule has 0 atom stereocenters. The number of benzene rings is 2. The maximum absolute atomic E-state index is 13.0. The van der Waals surface area contributed by atoms with Crippen LogP contribution in [0.5, 0.6) is 5.75 Å². The standard InChI is InChI=1S/C19H18N2O3/c22-18-9-11-24-17-8-7-14(12-15(17)20-18)19(23)21-10-3-5-13-4-1-2-6-16(13)21/h1-2,4,6-8,12H,3,5,9-11H2,(H,20,22). The van der Waals surface area contributed by atoms with Gasteiger partial charge in [-0.1, -0.05) is 18.2 Å². The van der Waals surface area contributed by atoms with Crippen molar-refractivity contribution in [2.24, 2.45) is 0 Å². The number of carbonyl (C=O) groups excluding carboxylic acids is 2. The number of rotatable bonds is 1. The summed E-state index contributed by atoms with van der Waals surface area (Å²) >= 11 is 0. The molecule has 0 spiro atoms. The number of hydrogen-bond donors (Lipinski definition) is 1. The van der Waals surface area contributed by atoms with Gasteiger partial charge in [0.2, 0.25) is 5.91 Å². The zero-order chi connectivity index (χ0) is 16.5. The van der Waals surface area contributed by atoms with Crippen molar-refractivity contribution in [1.29, 1.82) is 0 Å². The van der Waals surface area contributed by atoms with Crippen molar-refractivity contribution in [2.75, 3.05) is 23.4 Å². The molecule has 4 rings (SSSR count). The quantitative estimate of drug-likeness (QED) is 0.878. The lowest BCUT2D eigenvalue weighted by Crippen LogP contribution is -2.35. The topological polar surface area (TPSA) is 58.6 Å². The van der Waals surface area contributed by atoms with Crippen LogP contribution >= 0.6 is 0 Å². The SMILES string of the molecule is O=C1CCOc2ccc(C(=O)N3CCCc4ccccc43)cc2N1. The van der Waals surface area contributed by atoms with Crippen LogP contribution in [0.2, 0.25) is 0 Å². The molecule has 2 aromatic rings. The molecule has 24 heavy (non-hydrogen) atoms. The summed E-state index contributed by atoms with van der Waals surface area (Å²) in [5.74, 6) is 0.460. The lowest BCUT2D eigenvalue weighted by Gasteiger charge is -2.29. The first-order valence-electron chi connectivity index (χ1n) is 8.19. The molecule has 0 aliphatic carbocycles. The fraction of sp³-hybridized carbons (Fsp3) is 0.263. The molecule has 0 radical (unpaired) electrons. The molecule has 0 saturated heterocycles. The first-order valence-corrected chi connectivity index (χ1v) is 8.19. The second kappa shape index (κ2) is 6.00. The summed E-state index contributed by atoms with van der Waals surface area (Å²) < 4.78 is 5.55. The molecule has 2 aliphatic heterocycles. The van der Waals surface area contributed by atoms with Crippen LogP contribution in [-0.4, -0.2) is 25.0 Å². The molecule has 0 saturated carbocycles. The van der Waals surface area contributed by atoms with E-state index in [1.54, 1.807) is 18.2 Å². The largest absolute Gasteiger partial charge is 0.491 e. The first-order chi connectivity index (χ1) is 11.7. The van der Waals surface area contributed by atoms with Crippen molar-refractivity contribution in [3.8, 4) is 5.75 Å². The third kappa shape index (κ3) is 2.62. The highest BCUT2D eigenvalue weighted by molar-refractivity contribution is 6.08. The Morgan fingerprint density at radius 3 is 2.92 bits per heavy atom. The van der Waals surface area contributed by atoms with Gasteiger partial charge in [-0.05, 0) is 42.7 Å². The van der Waals surface area contributed by atoms with Crippen LogP contribution in [0.3, 0.4) is 0 Å². The number of carbonyl (C=O) groups is 2. The van der Waals surface area contributed by atoms with Crippen LogP contribution in [0.15, 0.2) is 42.5 Å². The van der Waals surface area contributed by atoms with Crippen molar-refractivity contribution in [3.05, 3.63) is 53.6 Å². The third-order valence-corrected chi connectivity index (χ3v) is 4.44. The highest BCUT2D eigenvalue weighted by Crippen LogP contribution is 2.31. The Bertz CT molecular complexity index is 816. The van der Waals surface area contributed by atoms with Gasteiger partial charge in [0.25, 0.3) is 5.91 Å². The van der Waals surface area contributed by atoms with Crippen molar-refractivity contribution in [3.63, 3.8) is 0 Å². The van der Waals surface area contributed by atoms with E-state index in [2.05, 4.69) is 11.4 Å². The molecule has 5 heteroatoms. The molecule has 0 fully saturated rings. The summed E-state index contributed by atoms with van der Waals surface area (Å²) in [6, 6.07) is 13.2. The zero-order valence-corrected chi connectivity index (χ0v) is 13.2. The number of amides is 2. The monoisotopic (exact) mass is 322 g/mol. The highest BCUT2D eigenvalue weighted by atomic mass is 16.5. The minimum Gasteiger partial charge on any atom is -0.491 e. The fourth-order valence-electron chi connectivity index (χ4n) is 3.25. The van der Waals surface area contributed by atoms with Crippen molar-refractivity contribution in [2.45, 2.75) is 19.3 Å². The maximum Gasteiger partial charge on any atom is 0.258 e. The number of anilines is 2. The minimum absolute atomic E-state index is 0.0524. The van der Waals surface area contributed by atoms with Crippen molar-refractivity contribution in [1.82, 2.24) is 0 Å². The van der Waals surface area contributed by atoms with Crippen molar-refractivity contribution >= 4 is 23.2 Å². The van der Waals surface area contributed by atoms with Crippen LogP contribution in [0.25, 0.3) is 0 Å². The second-order valence-corrected chi connectivity index (χ2v) is 6.05. The number of para-hydroxylation sites is 1. The average molecular weight is 322 g/mol. The minimum atomic E-state index is -0.0957. The Labute approximate surface area is 140 Å². The van der Waals surface area contributed by atoms with E-state index < -0.39 is 0 Å². The Kier molecular flexibility index (Phi) is 3.69. The molecule has 1 N–H and O–H groups in total. The van der Waals surface area contributed by atoms with E-state index >= 15 is 0 Å². The summed E-state index contributed by atoms with van der Waals surface area (Å²) in [6.07, 6.45) is 2.26. The molecule has 122 valence electrons. The summed E-state index contributed by atoms with van der Waals surface area (Å²) in [4.78, 5) is 26.5. The Morgan fingerprint density at radius 1 is 1.12 bits per heavy atom. The molecular weight excluding hydrogens is 304 g/mol. The second-order valence-electron chi connectivity index (χ2n) is 6.05. The van der Waals surface area contributed by atoms with Gasteiger partial charge < -0.3 is 15.0 Å². The van der Waals surface area contributed by atoms with Gasteiger partial charge in [-0.3, -0.25) is 9.59 Å². The van der Waals surface area contributed by atoms with E-state index in [-0.39, 0.29) is 11.8 Å². The molecule has 2 aliphatic rings. The van der Waals surface area contributed by atoms with Gasteiger partial charge in [0.05, 0.1) is 18.7 Å². The number of fused-ring (bicyclic) bond motifs is 2. The van der Waals surface area contributed by atoms with Gasteiger partial charge in [-0.2, -0.15) is 0 Å². The van der Waals surface area contributed by atoms with Gasteiger partial charge >= 0.3 is 0 Å². The first kappa shape index (κ1) is 14.8. The zero-order valence-electron chi connectivity index (χ0n) is 13.2. The average Bonchev–Trinajstić information content (AvgIpc) is 2.80. The van der Waals surface area contributed by atoms with Gasteiger partial charge in [-0.15, -0.1) is 0 Å². The predicted octanol–water partition coefficient (Wildman–Crippen LogP) is 3.00. The third-order valence-electron chi connectivity index (χ3n) is 4.44. The predicted molar refractivity (Wildman–Crippen MR) is 91.6 cm³/mol. The Balaban J connectivity index is 1.67. The molecule has 5 nitrogen and oxygen atoms in total. The van der Waals surface area contributed by atoms with Crippen LogP contribution < -0.4 is 15.0 Å². The highest BCUT2D eigenvalue weighted by Gasteiger charge is 2.24. The van der Waals surface area contributed by atoms with Crippen LogP contribution in [0.1, 0.15) is 28.8 Å². The van der Waals surface area contributed by atoms with E-state index in [0.717, 1.165) is 18.5 Å². The summed E-state index contributed by atoms with van der Waals surface area (Å²) in [6.45, 7) is 1.06. The van der Waals surface area contributed by atoms with Gasteiger partial charge in [0, 0.05) is 17.8 Å². The van der Waals surface area contributed by atoms with Gasteiger partial charge in [-0.25, -0.2) is 0 Å². The number of nitrogens with one attached hydrogen (secondary N) is 1. The Hall–Kier alpha value is -2.82. The van der Waals surface area contributed by atoms with E-state index in [4.69, 9.17) is 4.74 Å². The molecule has 0 unspecified atom stereocenters. The lowest BCUT2D eigenvalue weighted by atomic mass is 10.0. The smallest absolute Gasteiger partial charge is 0.258 e. The molecule has 2 aromatic carbocycles. The number of aryl methyl sites for hydroxylation is 1. The van der Waals surface area contributed by atoms with E-state index in [9.17, 15) is 9.59 Å². The summed E-state index contributed by atoms with van der Waals surface area (Å²) in [5, 5.41) is 2.81. The lowest BCUT2D eigenvalue weighted by molar-refractivity contribution is -0.116. The molecular formula is C19H18N2O3. The number of nitrogens with zero attached hydrogens (tertiary/aromatic N) is 1. The Morgan fingerprint density at radius 2 is 2.00 bits per heavy atom. The summed E-state index contributed by atoms with van der Waals surface area (Å²) in [5.41, 5.74) is 3.29. The molecule has 2 amide bonds. The van der Waals surface area contributed by atoms with Gasteiger partial charge in [0.1, 0.15) is 5.75 Å². The molecule has 0 bridgehead atoms. The van der Waals surface area contributed by atoms with Crippen molar-refractivity contribution < 1.29 is 14.3 Å². The fourth-order valence-corrected chi connectivity index (χ4v) is 3.25. The maximum atomic E-state index is 13.0. The number of hydrogen-bond acceptors (Lipinski definition) is 3. The van der Waals surface area contributed by atoms with Crippen LogP contribution in [0, 0.1) is 0 Å². The molecule has 0 aromatic heterocycles. The molecule has 2 heterocycles. The van der Waals surface area contributed by atoms with E-state index in [0.29, 0.717) is 36.6 Å². The summed E-state index contributed by atoms with van der Waals surface area (Å²) in [7, 11) is 0. The number of ether oxygens (including phenoxy) is 1.